The quantitative estimate of drug-likeness (QED) is 0.471. The summed E-state index contributed by atoms with van der Waals surface area (Å²) < 4.78 is 5.03. The molecule has 28 heavy (non-hydrogen) atoms. The number of nitrogens with two attached hydrogens (primary N) is 1. The van der Waals surface area contributed by atoms with Crippen LogP contribution in [0.4, 0.5) is 0 Å². The molecule has 2 unspecified atom stereocenters. The lowest BCUT2D eigenvalue weighted by atomic mass is 10.0. The van der Waals surface area contributed by atoms with Crippen LogP contribution in [0.5, 0.6) is 0 Å². The number of amides is 2. The Hall–Kier alpha value is -2.85. The topological polar surface area (TPSA) is 139 Å². The first-order valence-corrected chi connectivity index (χ1v) is 9.42. The predicted molar refractivity (Wildman–Crippen MR) is 99.4 cm³/mol. The first-order chi connectivity index (χ1) is 13.2. The van der Waals surface area contributed by atoms with Gasteiger partial charge in [-0.2, -0.15) is 0 Å². The van der Waals surface area contributed by atoms with Crippen molar-refractivity contribution in [3.8, 4) is 0 Å². The molecule has 2 heterocycles. The van der Waals surface area contributed by atoms with Gasteiger partial charge in [0.15, 0.2) is 11.5 Å². The number of fused-ring (bicyclic) bond motifs is 1. The van der Waals surface area contributed by atoms with E-state index in [4.69, 9.17) is 10.5 Å². The van der Waals surface area contributed by atoms with Crippen molar-refractivity contribution < 1.29 is 29.0 Å². The van der Waals surface area contributed by atoms with E-state index in [0.29, 0.717) is 5.56 Å². The van der Waals surface area contributed by atoms with Crippen molar-refractivity contribution >= 4 is 35.5 Å². The number of esters is 1. The molecule has 1 fully saturated rings. The van der Waals surface area contributed by atoms with Crippen molar-refractivity contribution in [3.05, 3.63) is 47.4 Å². The van der Waals surface area contributed by atoms with Crippen molar-refractivity contribution in [2.24, 2.45) is 5.73 Å². The predicted octanol–water partition coefficient (Wildman–Crippen LogP) is 0.334. The van der Waals surface area contributed by atoms with Crippen LogP contribution < -0.4 is 11.1 Å². The molecule has 0 aliphatic carbocycles. The molecule has 4 atom stereocenters. The Morgan fingerprint density at radius 1 is 1.29 bits per heavy atom. The number of carboxylic acid groups (broad SMARTS) is 1. The molecular weight excluding hydrogens is 386 g/mol. The molecular formula is C18H19N3O6S. The fourth-order valence-corrected chi connectivity index (χ4v) is 4.48. The summed E-state index contributed by atoms with van der Waals surface area (Å²) in [5.41, 5.74) is 6.17. The number of benzene rings is 1. The van der Waals surface area contributed by atoms with Gasteiger partial charge in [-0.1, -0.05) is 30.3 Å². The standard InChI is InChI=1S/C18H19N3O6S/c1-8-14(27-9(2)22)13(18(25)26)21-16(24)12(17(21)28-8)20-15(23)11(19)10-6-4-3-5-7-10/h3-8,11-12,17H,19H2,1-2H3,(H,20,23)(H,25,26)/t8?,11-,12?,17-/m1/s1. The molecule has 2 amide bonds. The summed E-state index contributed by atoms with van der Waals surface area (Å²) in [6.07, 6.45) is 0. The van der Waals surface area contributed by atoms with Gasteiger partial charge >= 0.3 is 11.9 Å². The summed E-state index contributed by atoms with van der Waals surface area (Å²) in [5.74, 6) is -3.27. The number of thioether (sulfide) groups is 1. The Morgan fingerprint density at radius 2 is 1.93 bits per heavy atom. The molecule has 0 spiro atoms. The molecule has 0 radical (unpaired) electrons. The Kier molecular flexibility index (Phi) is 5.43. The third kappa shape index (κ3) is 3.48. The summed E-state index contributed by atoms with van der Waals surface area (Å²) in [7, 11) is 0. The van der Waals surface area contributed by atoms with Gasteiger partial charge in [-0.3, -0.25) is 19.3 Å². The van der Waals surface area contributed by atoms with Gasteiger partial charge in [-0.05, 0) is 12.5 Å². The number of carbonyl (C=O) groups is 4. The molecule has 1 saturated heterocycles. The van der Waals surface area contributed by atoms with E-state index < -0.39 is 46.5 Å². The average molecular weight is 405 g/mol. The van der Waals surface area contributed by atoms with E-state index in [1.165, 1.54) is 11.8 Å². The number of hydrogen-bond acceptors (Lipinski definition) is 7. The van der Waals surface area contributed by atoms with Gasteiger partial charge in [0.05, 0.1) is 5.25 Å². The highest BCUT2D eigenvalue weighted by Gasteiger charge is 2.56. The van der Waals surface area contributed by atoms with E-state index in [0.717, 1.165) is 11.8 Å². The number of rotatable bonds is 5. The minimum absolute atomic E-state index is 0.0830. The Morgan fingerprint density at radius 3 is 2.50 bits per heavy atom. The van der Waals surface area contributed by atoms with Gasteiger partial charge in [0.2, 0.25) is 5.91 Å². The molecule has 10 heteroatoms. The maximum atomic E-state index is 12.6. The molecule has 148 valence electrons. The largest absolute Gasteiger partial charge is 0.476 e. The van der Waals surface area contributed by atoms with Crippen LogP contribution in [0.3, 0.4) is 0 Å². The summed E-state index contributed by atoms with van der Waals surface area (Å²) >= 11 is 1.22. The molecule has 2 aliphatic heterocycles. The number of hydrogen-bond donors (Lipinski definition) is 3. The second kappa shape index (κ2) is 7.64. The van der Waals surface area contributed by atoms with Crippen molar-refractivity contribution in [2.45, 2.75) is 36.6 Å². The number of carboxylic acids is 1. The Bertz CT molecular complexity index is 871. The van der Waals surface area contributed by atoms with Crippen LogP contribution in [0.1, 0.15) is 25.5 Å². The third-order valence-corrected chi connectivity index (χ3v) is 5.81. The number of ether oxygens (including phenoxy) is 1. The molecule has 1 aromatic carbocycles. The number of nitrogens with one attached hydrogen (secondary N) is 1. The molecule has 0 saturated carbocycles. The molecule has 2 aliphatic rings. The maximum absolute atomic E-state index is 12.6. The molecule has 0 aromatic heterocycles. The second-order valence-corrected chi connectivity index (χ2v) is 7.83. The van der Waals surface area contributed by atoms with Crippen LogP contribution >= 0.6 is 11.8 Å². The molecule has 9 nitrogen and oxygen atoms in total. The highest BCUT2D eigenvalue weighted by Crippen LogP contribution is 2.44. The molecule has 4 N–H and O–H groups in total. The Labute approximate surface area is 164 Å². The van der Waals surface area contributed by atoms with Crippen LogP contribution in [0.2, 0.25) is 0 Å². The lowest BCUT2D eigenvalue weighted by Crippen LogP contribution is -2.71. The van der Waals surface area contributed by atoms with Crippen LogP contribution in [0.25, 0.3) is 0 Å². The zero-order valence-electron chi connectivity index (χ0n) is 15.1. The first kappa shape index (κ1) is 19.9. The van der Waals surface area contributed by atoms with E-state index in [-0.39, 0.29) is 11.5 Å². The third-order valence-electron chi connectivity index (χ3n) is 4.43. The molecule has 1 aromatic rings. The zero-order chi connectivity index (χ0) is 20.6. The summed E-state index contributed by atoms with van der Waals surface area (Å²) in [5, 5.41) is 11.0. The number of aliphatic carboxylic acids is 1. The fraction of sp³-hybridized carbons (Fsp3) is 0.333. The van der Waals surface area contributed by atoms with Gasteiger partial charge < -0.3 is 20.9 Å². The van der Waals surface area contributed by atoms with E-state index >= 15 is 0 Å². The summed E-state index contributed by atoms with van der Waals surface area (Å²) in [6, 6.07) is 6.82. The van der Waals surface area contributed by atoms with Crippen molar-refractivity contribution in [2.75, 3.05) is 0 Å². The van der Waals surface area contributed by atoms with E-state index in [1.54, 1.807) is 37.3 Å². The smallest absolute Gasteiger partial charge is 0.356 e. The first-order valence-electron chi connectivity index (χ1n) is 8.47. The maximum Gasteiger partial charge on any atom is 0.356 e. The van der Waals surface area contributed by atoms with E-state index in [1.807, 2.05) is 0 Å². The highest BCUT2D eigenvalue weighted by molar-refractivity contribution is 8.00. The lowest BCUT2D eigenvalue weighted by molar-refractivity contribution is -0.152. The van der Waals surface area contributed by atoms with Crippen LogP contribution in [0.15, 0.2) is 41.8 Å². The zero-order valence-corrected chi connectivity index (χ0v) is 15.9. The Balaban J connectivity index is 1.79. The number of nitrogens with zero attached hydrogens (tertiary/aromatic N) is 1. The van der Waals surface area contributed by atoms with Gasteiger partial charge in [0.25, 0.3) is 5.91 Å². The second-order valence-electron chi connectivity index (χ2n) is 6.36. The van der Waals surface area contributed by atoms with Crippen LogP contribution in [-0.4, -0.2) is 50.4 Å². The van der Waals surface area contributed by atoms with Gasteiger partial charge in [-0.15, -0.1) is 11.8 Å². The van der Waals surface area contributed by atoms with Crippen molar-refractivity contribution in [1.82, 2.24) is 10.2 Å². The highest BCUT2D eigenvalue weighted by atomic mass is 32.2. The van der Waals surface area contributed by atoms with Crippen molar-refractivity contribution in [3.63, 3.8) is 0 Å². The van der Waals surface area contributed by atoms with E-state index in [2.05, 4.69) is 5.32 Å². The number of carbonyl (C=O) groups excluding carboxylic acids is 3. The SMILES string of the molecule is CC(=O)OC1=C(C(=O)O)N2C(=O)C(NC(=O)[C@H](N)c3ccccc3)[C@H]2SC1C. The van der Waals surface area contributed by atoms with Crippen molar-refractivity contribution in [1.29, 1.82) is 0 Å². The fourth-order valence-electron chi connectivity index (χ4n) is 3.11. The molecule has 3 rings (SSSR count). The lowest BCUT2D eigenvalue weighted by Gasteiger charge is -2.50. The normalized spacial score (nSPS) is 24.8. The van der Waals surface area contributed by atoms with Gasteiger partial charge in [-0.25, -0.2) is 4.79 Å². The van der Waals surface area contributed by atoms with Gasteiger partial charge in [0.1, 0.15) is 17.5 Å². The van der Waals surface area contributed by atoms with Crippen LogP contribution in [-0.2, 0) is 23.9 Å². The average Bonchev–Trinajstić information content (AvgIpc) is 2.66. The van der Waals surface area contributed by atoms with Gasteiger partial charge in [0, 0.05) is 6.92 Å². The minimum atomic E-state index is -1.38. The number of β-lactam (4-membered cyclic amide) rings is 1. The summed E-state index contributed by atoms with van der Waals surface area (Å²) in [6.45, 7) is 2.82. The monoisotopic (exact) mass is 405 g/mol. The van der Waals surface area contributed by atoms with Crippen LogP contribution in [0, 0.1) is 0 Å². The minimum Gasteiger partial charge on any atom is -0.476 e. The van der Waals surface area contributed by atoms with E-state index in [9.17, 15) is 24.3 Å². The summed E-state index contributed by atoms with van der Waals surface area (Å²) in [4.78, 5) is 49.0. The molecule has 0 bridgehead atoms.